The van der Waals surface area contributed by atoms with Gasteiger partial charge in [-0.05, 0) is 54.5 Å². The lowest BCUT2D eigenvalue weighted by molar-refractivity contribution is 0.0937. The maximum atomic E-state index is 12.6. The van der Waals surface area contributed by atoms with Crippen molar-refractivity contribution < 1.29 is 4.79 Å². The molecule has 0 saturated heterocycles. The fourth-order valence-electron chi connectivity index (χ4n) is 2.96. The van der Waals surface area contributed by atoms with E-state index in [1.54, 1.807) is 18.3 Å². The topological polar surface area (TPSA) is 54.0 Å². The van der Waals surface area contributed by atoms with Crippen LogP contribution in [0.25, 0.3) is 0 Å². The third-order valence-corrected chi connectivity index (χ3v) is 5.51. The summed E-state index contributed by atoms with van der Waals surface area (Å²) in [5.74, 6) is 1.46. The number of nitrogens with one attached hydrogen (secondary N) is 2. The minimum atomic E-state index is -0.0470. The number of carbonyl (C=O) groups excluding carboxylic acids is 1. The standard InChI is InChI=1S/C20H23Cl2N3O/c1-12(2)15-9-19(25-14-6-7-17(21)18(22)8-14)23-11-16(15)20(26)24-10-13-4-3-5-13/h6-9,11-13H,3-5,10H2,1-2H3,(H,23,25)(H,24,26). The summed E-state index contributed by atoms with van der Waals surface area (Å²) in [5.41, 5.74) is 2.40. The van der Waals surface area contributed by atoms with Gasteiger partial charge in [0.2, 0.25) is 0 Å². The van der Waals surface area contributed by atoms with E-state index in [-0.39, 0.29) is 11.8 Å². The van der Waals surface area contributed by atoms with Crippen molar-refractivity contribution in [1.29, 1.82) is 0 Å². The van der Waals surface area contributed by atoms with E-state index in [4.69, 9.17) is 23.2 Å². The quantitative estimate of drug-likeness (QED) is 0.655. The van der Waals surface area contributed by atoms with Crippen LogP contribution in [0, 0.1) is 5.92 Å². The molecule has 0 bridgehead atoms. The Hall–Kier alpha value is -1.78. The third kappa shape index (κ3) is 4.49. The first-order valence-corrected chi connectivity index (χ1v) is 9.70. The van der Waals surface area contributed by atoms with Gasteiger partial charge >= 0.3 is 0 Å². The Morgan fingerprint density at radius 2 is 2.00 bits per heavy atom. The molecule has 1 aromatic carbocycles. The van der Waals surface area contributed by atoms with Crippen molar-refractivity contribution in [2.75, 3.05) is 11.9 Å². The number of carbonyl (C=O) groups is 1. The van der Waals surface area contributed by atoms with Crippen LogP contribution in [0.1, 0.15) is 54.9 Å². The molecule has 4 nitrogen and oxygen atoms in total. The van der Waals surface area contributed by atoms with Crippen molar-refractivity contribution in [2.45, 2.75) is 39.0 Å². The maximum absolute atomic E-state index is 12.6. The molecule has 0 aliphatic heterocycles. The molecule has 2 aromatic rings. The van der Waals surface area contributed by atoms with E-state index in [0.717, 1.165) is 17.8 Å². The van der Waals surface area contributed by atoms with Crippen molar-refractivity contribution in [1.82, 2.24) is 10.3 Å². The Morgan fingerprint density at radius 1 is 1.23 bits per heavy atom. The van der Waals surface area contributed by atoms with Crippen LogP contribution in [0.15, 0.2) is 30.5 Å². The number of aromatic nitrogens is 1. The Labute approximate surface area is 164 Å². The number of nitrogens with zero attached hydrogens (tertiary/aromatic N) is 1. The zero-order chi connectivity index (χ0) is 18.7. The molecule has 0 spiro atoms. The second kappa shape index (κ2) is 8.28. The van der Waals surface area contributed by atoms with E-state index in [1.807, 2.05) is 12.1 Å². The van der Waals surface area contributed by atoms with E-state index in [1.165, 1.54) is 19.3 Å². The maximum Gasteiger partial charge on any atom is 0.253 e. The Morgan fingerprint density at radius 3 is 2.62 bits per heavy atom. The molecule has 1 aromatic heterocycles. The zero-order valence-electron chi connectivity index (χ0n) is 15.0. The molecule has 0 atom stereocenters. The van der Waals surface area contributed by atoms with Gasteiger partial charge in [-0.2, -0.15) is 0 Å². The van der Waals surface area contributed by atoms with Gasteiger partial charge in [-0.3, -0.25) is 4.79 Å². The van der Waals surface area contributed by atoms with Crippen LogP contribution in [0.5, 0.6) is 0 Å². The number of rotatable bonds is 6. The Balaban J connectivity index is 1.76. The zero-order valence-corrected chi connectivity index (χ0v) is 16.5. The van der Waals surface area contributed by atoms with Crippen molar-refractivity contribution >= 4 is 40.6 Å². The van der Waals surface area contributed by atoms with Crippen LogP contribution in [-0.2, 0) is 0 Å². The Kier molecular flexibility index (Phi) is 6.05. The van der Waals surface area contributed by atoms with Crippen molar-refractivity contribution in [3.05, 3.63) is 51.6 Å². The van der Waals surface area contributed by atoms with E-state index in [0.29, 0.717) is 27.3 Å². The van der Waals surface area contributed by atoms with Gasteiger partial charge in [0.25, 0.3) is 5.91 Å². The van der Waals surface area contributed by atoms with Gasteiger partial charge in [-0.1, -0.05) is 43.5 Å². The first kappa shape index (κ1) is 19.0. The van der Waals surface area contributed by atoms with Crippen molar-refractivity contribution in [3.63, 3.8) is 0 Å². The highest BCUT2D eigenvalue weighted by Gasteiger charge is 2.20. The molecule has 1 fully saturated rings. The van der Waals surface area contributed by atoms with Crippen LogP contribution in [0.3, 0.4) is 0 Å². The fourth-order valence-corrected chi connectivity index (χ4v) is 3.26. The highest BCUT2D eigenvalue weighted by Crippen LogP contribution is 2.29. The number of amides is 1. The highest BCUT2D eigenvalue weighted by molar-refractivity contribution is 6.42. The molecule has 26 heavy (non-hydrogen) atoms. The molecular formula is C20H23Cl2N3O. The molecule has 0 unspecified atom stereocenters. The van der Waals surface area contributed by atoms with E-state index in [9.17, 15) is 4.79 Å². The summed E-state index contributed by atoms with van der Waals surface area (Å²) in [4.78, 5) is 17.0. The number of hydrogen-bond donors (Lipinski definition) is 2. The average Bonchev–Trinajstić information content (AvgIpc) is 2.56. The van der Waals surface area contributed by atoms with Gasteiger partial charge < -0.3 is 10.6 Å². The van der Waals surface area contributed by atoms with Gasteiger partial charge in [-0.15, -0.1) is 0 Å². The molecule has 1 heterocycles. The molecule has 1 saturated carbocycles. The van der Waals surface area contributed by atoms with Crippen LogP contribution in [-0.4, -0.2) is 17.4 Å². The van der Waals surface area contributed by atoms with E-state index < -0.39 is 0 Å². The second-order valence-corrected chi connectivity index (χ2v) is 7.89. The lowest BCUT2D eigenvalue weighted by Gasteiger charge is -2.25. The molecule has 1 amide bonds. The van der Waals surface area contributed by atoms with Crippen LogP contribution in [0.2, 0.25) is 10.0 Å². The monoisotopic (exact) mass is 391 g/mol. The summed E-state index contributed by atoms with van der Waals surface area (Å²) in [5, 5.41) is 7.25. The van der Waals surface area contributed by atoms with Gasteiger partial charge in [0, 0.05) is 18.4 Å². The summed E-state index contributed by atoms with van der Waals surface area (Å²) in [6, 6.07) is 7.24. The summed E-state index contributed by atoms with van der Waals surface area (Å²) >= 11 is 12.0. The Bertz CT molecular complexity index is 804. The molecule has 3 rings (SSSR count). The molecule has 0 radical (unpaired) electrons. The highest BCUT2D eigenvalue weighted by atomic mass is 35.5. The SMILES string of the molecule is CC(C)c1cc(Nc2ccc(Cl)c(Cl)c2)ncc1C(=O)NCC1CCC1. The number of pyridine rings is 1. The molecular weight excluding hydrogens is 369 g/mol. The molecule has 138 valence electrons. The third-order valence-electron chi connectivity index (χ3n) is 4.77. The smallest absolute Gasteiger partial charge is 0.253 e. The van der Waals surface area contributed by atoms with E-state index in [2.05, 4.69) is 29.5 Å². The second-order valence-electron chi connectivity index (χ2n) is 7.07. The number of hydrogen-bond acceptors (Lipinski definition) is 3. The predicted molar refractivity (Wildman–Crippen MR) is 108 cm³/mol. The van der Waals surface area contributed by atoms with Crippen LogP contribution in [0.4, 0.5) is 11.5 Å². The van der Waals surface area contributed by atoms with Crippen molar-refractivity contribution in [3.8, 4) is 0 Å². The number of benzene rings is 1. The molecule has 1 aliphatic rings. The number of anilines is 2. The van der Waals surface area contributed by atoms with Gasteiger partial charge in [0.15, 0.2) is 0 Å². The lowest BCUT2D eigenvalue weighted by atomic mass is 9.85. The van der Waals surface area contributed by atoms with Crippen LogP contribution >= 0.6 is 23.2 Å². The normalized spacial score (nSPS) is 14.2. The summed E-state index contributed by atoms with van der Waals surface area (Å²) in [6.07, 6.45) is 5.34. The van der Waals surface area contributed by atoms with E-state index >= 15 is 0 Å². The van der Waals surface area contributed by atoms with Crippen molar-refractivity contribution in [2.24, 2.45) is 5.92 Å². The summed E-state index contributed by atoms with van der Waals surface area (Å²) in [7, 11) is 0. The molecule has 1 aliphatic carbocycles. The van der Waals surface area contributed by atoms with Gasteiger partial charge in [0.1, 0.15) is 5.82 Å². The minimum absolute atomic E-state index is 0.0470. The van der Waals surface area contributed by atoms with Gasteiger partial charge in [-0.25, -0.2) is 4.98 Å². The summed E-state index contributed by atoms with van der Waals surface area (Å²) in [6.45, 7) is 4.89. The fraction of sp³-hybridized carbons (Fsp3) is 0.400. The number of halogens is 2. The van der Waals surface area contributed by atoms with Crippen LogP contribution < -0.4 is 10.6 Å². The largest absolute Gasteiger partial charge is 0.352 e. The first-order chi connectivity index (χ1) is 12.4. The summed E-state index contributed by atoms with van der Waals surface area (Å²) < 4.78 is 0. The molecule has 2 N–H and O–H groups in total. The minimum Gasteiger partial charge on any atom is -0.352 e. The first-order valence-electron chi connectivity index (χ1n) is 8.94. The molecule has 6 heteroatoms. The van der Waals surface area contributed by atoms with Gasteiger partial charge in [0.05, 0.1) is 15.6 Å². The average molecular weight is 392 g/mol. The lowest BCUT2D eigenvalue weighted by Crippen LogP contribution is -2.32. The predicted octanol–water partition coefficient (Wildman–Crippen LogP) is 5.79.